The Kier molecular flexibility index (Phi) is 3.45. The van der Waals surface area contributed by atoms with Crippen molar-refractivity contribution in [2.45, 2.75) is 40.3 Å². The Morgan fingerprint density at radius 2 is 2.00 bits per heavy atom. The van der Waals surface area contributed by atoms with Crippen molar-refractivity contribution in [3.05, 3.63) is 34.9 Å². The van der Waals surface area contributed by atoms with E-state index in [2.05, 4.69) is 0 Å². The highest BCUT2D eigenvalue weighted by Gasteiger charge is 2.44. The number of carbonyl (C=O) groups excluding carboxylic acids is 2. The fourth-order valence-electron chi connectivity index (χ4n) is 2.42. The van der Waals surface area contributed by atoms with Gasteiger partial charge >= 0.3 is 0 Å². The number of aryl methyl sites for hydroxylation is 1. The average molecular weight is 260 g/mol. The van der Waals surface area contributed by atoms with Crippen molar-refractivity contribution in [2.75, 3.05) is 0 Å². The molecule has 4 nitrogen and oxygen atoms in total. The lowest BCUT2D eigenvalue weighted by molar-refractivity contribution is -0.141. The van der Waals surface area contributed by atoms with Crippen molar-refractivity contribution < 1.29 is 9.59 Å². The first-order valence-electron chi connectivity index (χ1n) is 6.48. The van der Waals surface area contributed by atoms with Crippen molar-refractivity contribution in [2.24, 2.45) is 11.1 Å². The van der Waals surface area contributed by atoms with Gasteiger partial charge in [-0.15, -0.1) is 0 Å². The van der Waals surface area contributed by atoms with Crippen LogP contribution in [0.2, 0.25) is 0 Å². The second-order valence-corrected chi connectivity index (χ2v) is 5.81. The number of nitrogens with two attached hydrogens (primary N) is 1. The molecule has 0 bridgehead atoms. The van der Waals surface area contributed by atoms with Crippen LogP contribution in [0.3, 0.4) is 0 Å². The zero-order chi connectivity index (χ0) is 14.2. The molecule has 2 N–H and O–H groups in total. The molecular weight excluding hydrogens is 240 g/mol. The van der Waals surface area contributed by atoms with Crippen molar-refractivity contribution >= 4 is 11.8 Å². The van der Waals surface area contributed by atoms with Gasteiger partial charge in [0.15, 0.2) is 0 Å². The normalized spacial score (nSPS) is 18.2. The van der Waals surface area contributed by atoms with E-state index < -0.39 is 5.41 Å². The molecule has 0 aliphatic carbocycles. The molecule has 1 aliphatic rings. The van der Waals surface area contributed by atoms with Gasteiger partial charge in [-0.1, -0.05) is 32.0 Å². The molecule has 102 valence electrons. The number of carbonyl (C=O) groups is 2. The number of imide groups is 1. The van der Waals surface area contributed by atoms with Crippen molar-refractivity contribution in [1.29, 1.82) is 0 Å². The molecule has 0 spiro atoms. The summed E-state index contributed by atoms with van der Waals surface area (Å²) in [7, 11) is 0. The largest absolute Gasteiger partial charge is 0.326 e. The average Bonchev–Trinajstić information content (AvgIpc) is 2.53. The fourth-order valence-corrected chi connectivity index (χ4v) is 2.42. The summed E-state index contributed by atoms with van der Waals surface area (Å²) in [6.45, 7) is 6.47. The first kappa shape index (κ1) is 13.7. The lowest BCUT2D eigenvalue weighted by Gasteiger charge is -2.19. The van der Waals surface area contributed by atoms with Crippen LogP contribution in [0.5, 0.6) is 0 Å². The Morgan fingerprint density at radius 3 is 2.47 bits per heavy atom. The molecule has 0 radical (unpaired) electrons. The second kappa shape index (κ2) is 4.78. The van der Waals surface area contributed by atoms with Crippen LogP contribution in [0.15, 0.2) is 18.2 Å². The highest BCUT2D eigenvalue weighted by atomic mass is 16.2. The fraction of sp³-hybridized carbons (Fsp3) is 0.467. The van der Waals surface area contributed by atoms with Gasteiger partial charge in [-0.2, -0.15) is 0 Å². The Balaban J connectivity index is 2.22. The Hall–Kier alpha value is -1.68. The van der Waals surface area contributed by atoms with Gasteiger partial charge in [0, 0.05) is 13.0 Å². The first-order chi connectivity index (χ1) is 8.85. The molecule has 2 amide bonds. The quantitative estimate of drug-likeness (QED) is 0.842. The SMILES string of the molecule is Cc1cc(CN)ccc1CN1C(=O)CC(C)(C)C1=O. The van der Waals surface area contributed by atoms with Crippen LogP contribution in [0.1, 0.15) is 37.0 Å². The van der Waals surface area contributed by atoms with Crippen LogP contribution in [-0.2, 0) is 22.7 Å². The second-order valence-electron chi connectivity index (χ2n) is 5.81. The maximum absolute atomic E-state index is 12.2. The number of amides is 2. The Bertz CT molecular complexity index is 535. The summed E-state index contributed by atoms with van der Waals surface area (Å²) in [5.41, 5.74) is 8.14. The smallest absolute Gasteiger partial charge is 0.235 e. The van der Waals surface area contributed by atoms with Crippen LogP contribution in [0, 0.1) is 12.3 Å². The monoisotopic (exact) mass is 260 g/mol. The van der Waals surface area contributed by atoms with Gasteiger partial charge in [0.25, 0.3) is 0 Å². The first-order valence-corrected chi connectivity index (χ1v) is 6.48. The molecule has 1 fully saturated rings. The molecule has 0 aromatic heterocycles. The number of hydrogen-bond acceptors (Lipinski definition) is 3. The lowest BCUT2D eigenvalue weighted by Crippen LogP contribution is -2.32. The lowest BCUT2D eigenvalue weighted by atomic mass is 9.92. The third-order valence-corrected chi connectivity index (χ3v) is 3.69. The molecule has 2 rings (SSSR count). The van der Waals surface area contributed by atoms with E-state index in [1.165, 1.54) is 4.90 Å². The maximum atomic E-state index is 12.2. The van der Waals surface area contributed by atoms with Crippen molar-refractivity contribution in [3.63, 3.8) is 0 Å². The summed E-state index contributed by atoms with van der Waals surface area (Å²) in [5.74, 6) is -0.169. The highest BCUT2D eigenvalue weighted by Crippen LogP contribution is 2.32. The van der Waals surface area contributed by atoms with Gasteiger partial charge in [0.05, 0.1) is 12.0 Å². The van der Waals surface area contributed by atoms with Gasteiger partial charge < -0.3 is 5.73 Å². The molecule has 0 saturated carbocycles. The van der Waals surface area contributed by atoms with E-state index in [4.69, 9.17) is 5.73 Å². The van der Waals surface area contributed by atoms with E-state index in [1.807, 2.05) is 39.0 Å². The van der Waals surface area contributed by atoms with E-state index >= 15 is 0 Å². The van der Waals surface area contributed by atoms with E-state index in [1.54, 1.807) is 0 Å². The molecule has 1 heterocycles. The molecule has 19 heavy (non-hydrogen) atoms. The third-order valence-electron chi connectivity index (χ3n) is 3.69. The van der Waals surface area contributed by atoms with Crippen molar-refractivity contribution in [1.82, 2.24) is 4.90 Å². The zero-order valence-corrected chi connectivity index (χ0v) is 11.7. The van der Waals surface area contributed by atoms with Gasteiger partial charge in [0.1, 0.15) is 0 Å². The minimum absolute atomic E-state index is 0.0835. The topological polar surface area (TPSA) is 63.4 Å². The van der Waals surface area contributed by atoms with Crippen LogP contribution >= 0.6 is 0 Å². The maximum Gasteiger partial charge on any atom is 0.235 e. The van der Waals surface area contributed by atoms with Crippen LogP contribution in [0.25, 0.3) is 0 Å². The summed E-state index contributed by atoms with van der Waals surface area (Å²) in [4.78, 5) is 25.5. The number of nitrogens with zero attached hydrogens (tertiary/aromatic N) is 1. The molecular formula is C15H20N2O2. The highest BCUT2D eigenvalue weighted by molar-refractivity contribution is 6.05. The van der Waals surface area contributed by atoms with E-state index in [0.717, 1.165) is 16.7 Å². The third kappa shape index (κ3) is 2.54. The van der Waals surface area contributed by atoms with E-state index in [9.17, 15) is 9.59 Å². The summed E-state index contributed by atoms with van der Waals surface area (Å²) in [6, 6.07) is 5.90. The number of likely N-dealkylation sites (tertiary alicyclic amines) is 1. The molecule has 1 aromatic rings. The Morgan fingerprint density at radius 1 is 1.32 bits per heavy atom. The predicted octanol–water partition coefficient (Wildman–Crippen LogP) is 1.74. The minimum Gasteiger partial charge on any atom is -0.326 e. The molecule has 1 aromatic carbocycles. The molecule has 4 heteroatoms. The number of rotatable bonds is 3. The van der Waals surface area contributed by atoms with E-state index in [-0.39, 0.29) is 11.8 Å². The summed E-state index contributed by atoms with van der Waals surface area (Å²) in [5, 5.41) is 0. The van der Waals surface area contributed by atoms with Crippen LogP contribution in [0.4, 0.5) is 0 Å². The zero-order valence-electron chi connectivity index (χ0n) is 11.7. The minimum atomic E-state index is -0.567. The molecule has 0 atom stereocenters. The van der Waals surface area contributed by atoms with Crippen LogP contribution in [-0.4, -0.2) is 16.7 Å². The van der Waals surface area contributed by atoms with Crippen molar-refractivity contribution in [3.8, 4) is 0 Å². The standard InChI is InChI=1S/C15H20N2O2/c1-10-6-11(8-16)4-5-12(10)9-17-13(18)7-15(2,3)14(17)19/h4-6H,7-9,16H2,1-3H3. The predicted molar refractivity (Wildman–Crippen MR) is 73.0 cm³/mol. The van der Waals surface area contributed by atoms with Gasteiger partial charge in [-0.25, -0.2) is 0 Å². The van der Waals surface area contributed by atoms with Gasteiger partial charge in [-0.05, 0) is 23.6 Å². The van der Waals surface area contributed by atoms with Gasteiger partial charge in [0.2, 0.25) is 11.8 Å². The van der Waals surface area contributed by atoms with Crippen LogP contribution < -0.4 is 5.73 Å². The summed E-state index contributed by atoms with van der Waals surface area (Å²) < 4.78 is 0. The van der Waals surface area contributed by atoms with Gasteiger partial charge in [-0.3, -0.25) is 14.5 Å². The summed E-state index contributed by atoms with van der Waals surface area (Å²) >= 11 is 0. The summed E-state index contributed by atoms with van der Waals surface area (Å²) in [6.07, 6.45) is 0.297. The van der Waals surface area contributed by atoms with E-state index in [0.29, 0.717) is 19.5 Å². The molecule has 1 aliphatic heterocycles. The molecule has 1 saturated heterocycles. The Labute approximate surface area is 113 Å². The number of benzene rings is 1. The molecule has 0 unspecified atom stereocenters. The number of hydrogen-bond donors (Lipinski definition) is 1.